The van der Waals surface area contributed by atoms with Crippen LogP contribution in [0.2, 0.25) is 0 Å². The summed E-state index contributed by atoms with van der Waals surface area (Å²) in [6, 6.07) is 5.81. The first kappa shape index (κ1) is 19.3. The summed E-state index contributed by atoms with van der Waals surface area (Å²) < 4.78 is 57.7. The lowest BCUT2D eigenvalue weighted by Gasteiger charge is -2.32. The highest BCUT2D eigenvalue weighted by atomic mass is 19.4. The summed E-state index contributed by atoms with van der Waals surface area (Å²) in [7, 11) is 0. The van der Waals surface area contributed by atoms with Crippen molar-refractivity contribution in [1.82, 2.24) is 15.1 Å². The number of ether oxygens (including phenoxy) is 2. The number of hydrogen-bond donors (Lipinski definition) is 2. The number of nitrogens with one attached hydrogen (secondary N) is 2. The van der Waals surface area contributed by atoms with E-state index in [1.165, 1.54) is 6.26 Å². The number of furan rings is 1. The molecule has 0 radical (unpaired) electrons. The van der Waals surface area contributed by atoms with Crippen LogP contribution in [0, 0.1) is 0 Å². The second-order valence-electron chi connectivity index (χ2n) is 7.23. The predicted molar refractivity (Wildman–Crippen MR) is 101 cm³/mol. The van der Waals surface area contributed by atoms with E-state index in [4.69, 9.17) is 13.9 Å². The molecule has 0 saturated heterocycles. The Morgan fingerprint density at radius 2 is 2.10 bits per heavy atom. The number of halogens is 3. The van der Waals surface area contributed by atoms with Crippen LogP contribution in [-0.4, -0.2) is 28.7 Å². The van der Waals surface area contributed by atoms with Crippen LogP contribution in [0.4, 0.5) is 19.0 Å². The van der Waals surface area contributed by atoms with Gasteiger partial charge in [-0.25, -0.2) is 4.68 Å². The molecule has 2 aliphatic heterocycles. The van der Waals surface area contributed by atoms with Gasteiger partial charge in [0, 0.05) is 13.0 Å². The zero-order valence-corrected chi connectivity index (χ0v) is 16.0. The minimum atomic E-state index is -4.53. The molecule has 0 unspecified atom stereocenters. The first-order valence-electron chi connectivity index (χ1n) is 9.51. The van der Waals surface area contributed by atoms with Gasteiger partial charge in [-0.15, -0.1) is 0 Å². The molecule has 1 aromatic carbocycles. The van der Waals surface area contributed by atoms with Gasteiger partial charge < -0.3 is 24.5 Å². The zero-order chi connectivity index (χ0) is 21.6. The van der Waals surface area contributed by atoms with Gasteiger partial charge >= 0.3 is 6.18 Å². The van der Waals surface area contributed by atoms with E-state index in [0.717, 1.165) is 16.4 Å². The van der Waals surface area contributed by atoms with Crippen molar-refractivity contribution in [2.45, 2.75) is 31.2 Å². The summed E-state index contributed by atoms with van der Waals surface area (Å²) >= 11 is 0. The summed E-state index contributed by atoms with van der Waals surface area (Å²) in [4.78, 5) is 12.8. The molecule has 2 aromatic heterocycles. The molecule has 0 bridgehead atoms. The molecule has 5 rings (SSSR count). The Labute approximate surface area is 173 Å². The van der Waals surface area contributed by atoms with Crippen molar-refractivity contribution in [3.05, 3.63) is 59.7 Å². The number of aromatic nitrogens is 2. The van der Waals surface area contributed by atoms with Gasteiger partial charge in [0.2, 0.25) is 6.79 Å². The second-order valence-corrected chi connectivity index (χ2v) is 7.23. The normalized spacial score (nSPS) is 19.6. The van der Waals surface area contributed by atoms with E-state index in [-0.39, 0.29) is 31.1 Å². The number of alkyl halides is 3. The van der Waals surface area contributed by atoms with E-state index in [1.807, 2.05) is 0 Å². The Balaban J connectivity index is 1.38. The Bertz CT molecular complexity index is 1110. The number of hydrogen-bond acceptors (Lipinski definition) is 6. The Kier molecular flexibility index (Phi) is 4.53. The molecule has 0 fully saturated rings. The third-order valence-corrected chi connectivity index (χ3v) is 5.26. The molecule has 162 valence electrons. The van der Waals surface area contributed by atoms with E-state index in [9.17, 15) is 18.0 Å². The van der Waals surface area contributed by atoms with Gasteiger partial charge in [-0.2, -0.15) is 18.3 Å². The number of rotatable bonds is 4. The van der Waals surface area contributed by atoms with Crippen molar-refractivity contribution >= 4 is 11.7 Å². The molecule has 8 nitrogen and oxygen atoms in total. The van der Waals surface area contributed by atoms with Gasteiger partial charge in [0.1, 0.15) is 17.1 Å². The van der Waals surface area contributed by atoms with E-state index in [2.05, 4.69) is 15.7 Å². The highest BCUT2D eigenvalue weighted by Crippen LogP contribution is 2.44. The van der Waals surface area contributed by atoms with Crippen LogP contribution in [0.1, 0.15) is 40.2 Å². The van der Waals surface area contributed by atoms with E-state index in [0.29, 0.717) is 17.3 Å². The van der Waals surface area contributed by atoms with Gasteiger partial charge in [0.25, 0.3) is 5.91 Å². The number of anilines is 1. The number of benzene rings is 1. The Morgan fingerprint density at radius 3 is 2.87 bits per heavy atom. The van der Waals surface area contributed by atoms with Crippen molar-refractivity contribution < 1.29 is 31.9 Å². The molecule has 4 heterocycles. The average molecular weight is 434 g/mol. The largest absolute Gasteiger partial charge is 0.467 e. The van der Waals surface area contributed by atoms with Crippen LogP contribution in [0.5, 0.6) is 11.5 Å². The maximum Gasteiger partial charge on any atom is 0.410 e. The predicted octanol–water partition coefficient (Wildman–Crippen LogP) is 3.80. The highest BCUT2D eigenvalue weighted by Gasteiger charge is 2.47. The van der Waals surface area contributed by atoms with E-state index in [1.54, 1.807) is 30.3 Å². The van der Waals surface area contributed by atoms with E-state index >= 15 is 0 Å². The van der Waals surface area contributed by atoms with Crippen molar-refractivity contribution in [2.24, 2.45) is 0 Å². The fourth-order valence-corrected chi connectivity index (χ4v) is 3.73. The van der Waals surface area contributed by atoms with Crippen LogP contribution in [0.15, 0.2) is 47.2 Å². The first-order chi connectivity index (χ1) is 14.9. The number of carbonyl (C=O) groups is 1. The standard InChI is InChI=1S/C20H17F3N4O4/c21-20(22,23)17-7-13(14-2-1-5-29-14)26-18-12(9-25-27(17)18)19(28)24-8-11-3-4-15-16(6-11)31-10-30-15/h1-6,9,13,17,26H,7-8,10H2,(H,24,28)/t13-,17+/m0/s1. The maximum atomic E-state index is 13.7. The quantitative estimate of drug-likeness (QED) is 0.649. The molecule has 3 aromatic rings. The summed E-state index contributed by atoms with van der Waals surface area (Å²) in [6.45, 7) is 0.293. The van der Waals surface area contributed by atoms with Gasteiger partial charge in [-0.05, 0) is 29.8 Å². The molecule has 11 heteroatoms. The van der Waals surface area contributed by atoms with Gasteiger partial charge in [-0.1, -0.05) is 6.07 Å². The Hall–Kier alpha value is -3.63. The van der Waals surface area contributed by atoms with E-state index < -0.39 is 24.2 Å². The van der Waals surface area contributed by atoms with Crippen molar-refractivity contribution in [2.75, 3.05) is 12.1 Å². The molecule has 2 atom stereocenters. The number of nitrogens with zero attached hydrogens (tertiary/aromatic N) is 2. The summed E-state index contributed by atoms with van der Waals surface area (Å²) in [5.41, 5.74) is 0.777. The zero-order valence-electron chi connectivity index (χ0n) is 16.0. The lowest BCUT2D eigenvalue weighted by molar-refractivity contribution is -0.174. The maximum absolute atomic E-state index is 13.7. The molecule has 0 saturated carbocycles. The summed E-state index contributed by atoms with van der Waals surface area (Å²) in [5.74, 6) is 0.997. The molecule has 2 N–H and O–H groups in total. The smallest absolute Gasteiger partial charge is 0.410 e. The van der Waals surface area contributed by atoms with Crippen LogP contribution < -0.4 is 20.1 Å². The topological polar surface area (TPSA) is 90.5 Å². The van der Waals surface area contributed by atoms with Crippen LogP contribution in [-0.2, 0) is 6.54 Å². The molecular formula is C20H17F3N4O4. The Morgan fingerprint density at radius 1 is 1.26 bits per heavy atom. The monoisotopic (exact) mass is 434 g/mol. The fraction of sp³-hybridized carbons (Fsp3) is 0.300. The fourth-order valence-electron chi connectivity index (χ4n) is 3.73. The van der Waals surface area contributed by atoms with Crippen molar-refractivity contribution in [3.8, 4) is 11.5 Å². The molecule has 31 heavy (non-hydrogen) atoms. The average Bonchev–Trinajstić information content (AvgIpc) is 3.50. The molecule has 0 spiro atoms. The van der Waals surface area contributed by atoms with Crippen molar-refractivity contribution in [1.29, 1.82) is 0 Å². The molecule has 0 aliphatic carbocycles. The molecule has 1 amide bonds. The third-order valence-electron chi connectivity index (χ3n) is 5.26. The third kappa shape index (κ3) is 3.56. The minimum Gasteiger partial charge on any atom is -0.467 e. The number of amides is 1. The SMILES string of the molecule is O=C(NCc1ccc2c(c1)OCO2)c1cnn2c1N[C@H](c1ccco1)C[C@@H]2C(F)(F)F. The van der Waals surface area contributed by atoms with Crippen LogP contribution >= 0.6 is 0 Å². The lowest BCUT2D eigenvalue weighted by Crippen LogP contribution is -2.36. The summed E-state index contributed by atoms with van der Waals surface area (Å²) in [6.07, 6.45) is -2.30. The van der Waals surface area contributed by atoms with Crippen molar-refractivity contribution in [3.63, 3.8) is 0 Å². The molecule has 2 aliphatic rings. The number of fused-ring (bicyclic) bond motifs is 2. The van der Waals surface area contributed by atoms with Crippen LogP contribution in [0.25, 0.3) is 0 Å². The minimum absolute atomic E-state index is 0.00170. The van der Waals surface area contributed by atoms with Gasteiger partial charge in [0.05, 0.1) is 18.5 Å². The second kappa shape index (κ2) is 7.25. The van der Waals surface area contributed by atoms with Crippen LogP contribution in [0.3, 0.4) is 0 Å². The van der Waals surface area contributed by atoms with Gasteiger partial charge in [-0.3, -0.25) is 4.79 Å². The lowest BCUT2D eigenvalue weighted by atomic mass is 10.0. The molecular weight excluding hydrogens is 417 g/mol. The first-order valence-corrected chi connectivity index (χ1v) is 9.51. The van der Waals surface area contributed by atoms with Gasteiger partial charge in [0.15, 0.2) is 17.5 Å². The highest BCUT2D eigenvalue weighted by molar-refractivity contribution is 5.98. The summed E-state index contributed by atoms with van der Waals surface area (Å²) in [5, 5.41) is 9.53. The number of carbonyl (C=O) groups excluding carboxylic acids is 1.